The van der Waals surface area contributed by atoms with E-state index in [1.807, 2.05) is 28.0 Å². The lowest BCUT2D eigenvalue weighted by molar-refractivity contribution is -0.114. The van der Waals surface area contributed by atoms with E-state index < -0.39 is 0 Å². The van der Waals surface area contributed by atoms with Crippen LogP contribution in [0.1, 0.15) is 89.5 Å². The molecule has 0 radical (unpaired) electrons. The lowest BCUT2D eigenvalue weighted by Crippen LogP contribution is -2.34. The van der Waals surface area contributed by atoms with Gasteiger partial charge < -0.3 is 9.80 Å². The van der Waals surface area contributed by atoms with Crippen molar-refractivity contribution in [3.05, 3.63) is 44.6 Å². The van der Waals surface area contributed by atoms with E-state index >= 15 is 0 Å². The molecule has 6 heteroatoms. The zero-order valence-electron chi connectivity index (χ0n) is 22.1. The predicted molar refractivity (Wildman–Crippen MR) is 157 cm³/mol. The van der Waals surface area contributed by atoms with Gasteiger partial charge in [-0.15, -0.1) is 11.3 Å². The second-order valence-corrected chi connectivity index (χ2v) is 12.0. The fraction of sp³-hybridized carbons (Fsp3) is 0.533. The van der Waals surface area contributed by atoms with Gasteiger partial charge in [0.15, 0.2) is 0 Å². The highest BCUT2D eigenvalue weighted by Gasteiger charge is 2.43. The number of hydrogen-bond donors (Lipinski definition) is 0. The molecule has 194 valence electrons. The molecule has 36 heavy (non-hydrogen) atoms. The summed E-state index contributed by atoms with van der Waals surface area (Å²) in [5.41, 5.74) is 3.96. The topological polar surface area (TPSA) is 40.6 Å². The lowest BCUT2D eigenvalue weighted by atomic mass is 9.98. The molecule has 1 aromatic carbocycles. The molecule has 2 aliphatic rings. The summed E-state index contributed by atoms with van der Waals surface area (Å²) in [7, 11) is 0. The van der Waals surface area contributed by atoms with Gasteiger partial charge in [0.05, 0.1) is 27.4 Å². The van der Waals surface area contributed by atoms with Gasteiger partial charge >= 0.3 is 0 Å². The van der Waals surface area contributed by atoms with Crippen LogP contribution in [0.3, 0.4) is 0 Å². The molecule has 0 bridgehead atoms. The van der Waals surface area contributed by atoms with E-state index in [1.165, 1.54) is 12.8 Å². The highest BCUT2D eigenvalue weighted by atomic mass is 79.9. The fourth-order valence-electron chi connectivity index (χ4n) is 5.52. The van der Waals surface area contributed by atoms with Gasteiger partial charge in [-0.1, -0.05) is 88.2 Å². The molecule has 2 atom stereocenters. The summed E-state index contributed by atoms with van der Waals surface area (Å²) in [6, 6.07) is 8.08. The van der Waals surface area contributed by atoms with E-state index in [0.29, 0.717) is 29.5 Å². The first-order valence-electron chi connectivity index (χ1n) is 13.7. The Morgan fingerprint density at radius 1 is 0.806 bits per heavy atom. The molecule has 0 spiro atoms. The Labute approximate surface area is 228 Å². The summed E-state index contributed by atoms with van der Waals surface area (Å²) < 4.78 is 0.949. The molecule has 0 saturated carbocycles. The predicted octanol–water partition coefficient (Wildman–Crippen LogP) is 8.55. The summed E-state index contributed by atoms with van der Waals surface area (Å²) in [6.07, 6.45) is 9.00. The van der Waals surface area contributed by atoms with E-state index in [-0.39, 0.29) is 11.8 Å². The molecule has 3 heterocycles. The maximum absolute atomic E-state index is 14.1. The minimum atomic E-state index is -0.0272. The van der Waals surface area contributed by atoms with Crippen LogP contribution in [0, 0.1) is 11.8 Å². The van der Waals surface area contributed by atoms with E-state index in [2.05, 4.69) is 55.1 Å². The number of anilines is 2. The number of hydrogen-bond acceptors (Lipinski definition) is 3. The molecule has 4 rings (SSSR count). The van der Waals surface area contributed by atoms with Crippen LogP contribution in [-0.2, 0) is 9.59 Å². The Morgan fingerprint density at radius 2 is 1.39 bits per heavy atom. The van der Waals surface area contributed by atoms with Gasteiger partial charge in [-0.25, -0.2) is 0 Å². The van der Waals surface area contributed by atoms with Crippen LogP contribution in [0.2, 0.25) is 0 Å². The Morgan fingerprint density at radius 3 is 1.97 bits per heavy atom. The number of rotatable bonds is 12. The van der Waals surface area contributed by atoms with E-state index in [1.54, 1.807) is 11.3 Å². The number of fused-ring (bicyclic) bond motifs is 2. The van der Waals surface area contributed by atoms with Crippen molar-refractivity contribution in [2.75, 3.05) is 22.9 Å². The van der Waals surface area contributed by atoms with Crippen molar-refractivity contribution >= 4 is 61.6 Å². The molecule has 0 N–H and O–H groups in total. The Kier molecular flexibility index (Phi) is 9.10. The summed E-state index contributed by atoms with van der Waals surface area (Å²) in [4.78, 5) is 32.9. The number of halogens is 1. The number of amides is 2. The molecule has 0 aliphatic carbocycles. The van der Waals surface area contributed by atoms with Crippen LogP contribution in [-0.4, -0.2) is 24.9 Å². The van der Waals surface area contributed by atoms with Crippen LogP contribution in [0.25, 0.3) is 11.1 Å². The largest absolute Gasteiger partial charge is 0.307 e. The Balaban J connectivity index is 1.75. The zero-order chi connectivity index (χ0) is 25.8. The highest BCUT2D eigenvalue weighted by Crippen LogP contribution is 2.49. The summed E-state index contributed by atoms with van der Waals surface area (Å²) >= 11 is 5.19. The third-order valence-electron chi connectivity index (χ3n) is 7.82. The average Bonchev–Trinajstić information content (AvgIpc) is 3.52. The van der Waals surface area contributed by atoms with Crippen molar-refractivity contribution in [3.8, 4) is 0 Å². The third kappa shape index (κ3) is 5.22. The van der Waals surface area contributed by atoms with Crippen molar-refractivity contribution in [3.63, 3.8) is 0 Å². The van der Waals surface area contributed by atoms with Gasteiger partial charge in [-0.3, -0.25) is 9.59 Å². The second-order valence-electron chi connectivity index (χ2n) is 10.2. The fourth-order valence-corrected chi connectivity index (χ4v) is 6.81. The highest BCUT2D eigenvalue weighted by molar-refractivity contribution is 9.10. The summed E-state index contributed by atoms with van der Waals surface area (Å²) in [6.45, 7) is 10.3. The number of carbonyl (C=O) groups is 2. The van der Waals surface area contributed by atoms with Gasteiger partial charge in [0.2, 0.25) is 0 Å². The first-order valence-corrected chi connectivity index (χ1v) is 15.4. The standard InChI is InChI=1S/C30H39BrN2O2S/c1-5-9-11-20(7-3)18-32-24-15-16-36-28(24)27(30(32)35)26-23-14-13-22(31)17-25(23)33(29(26)34)19-21(8-4)12-10-6-2/h13-17,20-21H,5-12,18-19H2,1-4H3/b27-26-. The molecule has 1 aromatic heterocycles. The number of benzene rings is 1. The molecular formula is C30H39BrN2O2S. The minimum Gasteiger partial charge on any atom is -0.307 e. The van der Waals surface area contributed by atoms with Crippen LogP contribution in [0.4, 0.5) is 11.4 Å². The smallest absolute Gasteiger partial charge is 0.260 e. The average molecular weight is 572 g/mol. The molecule has 2 unspecified atom stereocenters. The Bertz CT molecular complexity index is 1140. The van der Waals surface area contributed by atoms with E-state index in [4.69, 9.17) is 0 Å². The van der Waals surface area contributed by atoms with Crippen molar-refractivity contribution in [2.24, 2.45) is 11.8 Å². The van der Waals surface area contributed by atoms with Gasteiger partial charge in [-0.05, 0) is 48.3 Å². The SMILES string of the molecule is CCCCC(CC)CN1C(=O)/C(=C2\C(=O)N(CC(CC)CCCC)c3ccsc32)c2ccc(Br)cc21. The molecule has 0 saturated heterocycles. The minimum absolute atomic E-state index is 0.0103. The van der Waals surface area contributed by atoms with Crippen molar-refractivity contribution in [1.29, 1.82) is 0 Å². The molecule has 2 aliphatic heterocycles. The zero-order valence-corrected chi connectivity index (χ0v) is 24.5. The monoisotopic (exact) mass is 570 g/mol. The first kappa shape index (κ1) is 27.1. The maximum atomic E-state index is 14.1. The van der Waals surface area contributed by atoms with E-state index in [9.17, 15) is 9.59 Å². The normalized spacial score (nSPS) is 18.7. The van der Waals surface area contributed by atoms with Crippen LogP contribution in [0.5, 0.6) is 0 Å². The van der Waals surface area contributed by atoms with Crippen molar-refractivity contribution in [1.82, 2.24) is 0 Å². The first-order chi connectivity index (χ1) is 17.4. The van der Waals surface area contributed by atoms with E-state index in [0.717, 1.165) is 71.4 Å². The van der Waals surface area contributed by atoms with Crippen LogP contribution < -0.4 is 9.80 Å². The molecule has 2 amide bonds. The van der Waals surface area contributed by atoms with Gasteiger partial charge in [0.25, 0.3) is 11.8 Å². The van der Waals surface area contributed by atoms with Crippen LogP contribution >= 0.6 is 27.3 Å². The molecule has 4 nitrogen and oxygen atoms in total. The Hall–Kier alpha value is -1.92. The van der Waals surface area contributed by atoms with Gasteiger partial charge in [0, 0.05) is 23.1 Å². The summed E-state index contributed by atoms with van der Waals surface area (Å²) in [5, 5.41) is 2.05. The maximum Gasteiger partial charge on any atom is 0.260 e. The quantitative estimate of drug-likeness (QED) is 0.240. The lowest BCUT2D eigenvalue weighted by Gasteiger charge is -2.24. The van der Waals surface area contributed by atoms with Crippen molar-refractivity contribution in [2.45, 2.75) is 79.1 Å². The van der Waals surface area contributed by atoms with Crippen LogP contribution in [0.15, 0.2) is 34.1 Å². The second kappa shape index (κ2) is 12.1. The summed E-state index contributed by atoms with van der Waals surface area (Å²) in [5.74, 6) is 0.875. The number of carbonyl (C=O) groups excluding carboxylic acids is 2. The van der Waals surface area contributed by atoms with Gasteiger partial charge in [-0.2, -0.15) is 0 Å². The number of thiophene rings is 1. The molecule has 2 aromatic rings. The number of nitrogens with zero attached hydrogens (tertiary/aromatic N) is 2. The molecule has 0 fully saturated rings. The van der Waals surface area contributed by atoms with Crippen molar-refractivity contribution < 1.29 is 9.59 Å². The number of unbranched alkanes of at least 4 members (excludes halogenated alkanes) is 2. The van der Waals surface area contributed by atoms with Gasteiger partial charge in [0.1, 0.15) is 0 Å². The molecular weight excluding hydrogens is 532 g/mol. The third-order valence-corrected chi connectivity index (χ3v) is 9.23.